The summed E-state index contributed by atoms with van der Waals surface area (Å²) < 4.78 is 5.42. The summed E-state index contributed by atoms with van der Waals surface area (Å²) in [7, 11) is 0. The molecule has 9 heteroatoms. The zero-order valence-corrected chi connectivity index (χ0v) is 17.5. The first kappa shape index (κ1) is 21.5. The molecule has 1 aliphatic rings. The highest BCUT2D eigenvalue weighted by Gasteiger charge is 2.29. The number of piperidine rings is 1. The van der Waals surface area contributed by atoms with Crippen LogP contribution in [0.5, 0.6) is 0 Å². The second-order valence-corrected chi connectivity index (χ2v) is 8.82. The Bertz CT molecular complexity index is 621. The molecule has 0 atom stereocenters. The zero-order chi connectivity index (χ0) is 19.9. The Kier molecular flexibility index (Phi) is 7.94. The SMILES string of the molecule is CCCSCC(=O)NCc1nc(C2CCN(C(=O)OC(C)(C)C)CC2)n[nH]1. The van der Waals surface area contributed by atoms with Gasteiger partial charge in [0.25, 0.3) is 0 Å². The minimum atomic E-state index is -0.480. The van der Waals surface area contributed by atoms with Gasteiger partial charge < -0.3 is 15.0 Å². The van der Waals surface area contributed by atoms with Crippen LogP contribution in [0, 0.1) is 0 Å². The number of hydrogen-bond acceptors (Lipinski definition) is 6. The lowest BCUT2D eigenvalue weighted by atomic mass is 9.96. The van der Waals surface area contributed by atoms with Crippen LogP contribution >= 0.6 is 11.8 Å². The highest BCUT2D eigenvalue weighted by Crippen LogP contribution is 2.26. The lowest BCUT2D eigenvalue weighted by molar-refractivity contribution is -0.118. The van der Waals surface area contributed by atoms with E-state index in [4.69, 9.17) is 4.74 Å². The van der Waals surface area contributed by atoms with E-state index in [0.717, 1.165) is 30.8 Å². The molecule has 0 unspecified atom stereocenters. The minimum absolute atomic E-state index is 0.0112. The van der Waals surface area contributed by atoms with E-state index in [-0.39, 0.29) is 17.9 Å². The number of aromatic amines is 1. The number of H-pyrrole nitrogens is 1. The number of carbonyl (C=O) groups is 2. The van der Waals surface area contributed by atoms with Crippen LogP contribution in [-0.2, 0) is 16.1 Å². The maximum absolute atomic E-state index is 12.1. The minimum Gasteiger partial charge on any atom is -0.444 e. The monoisotopic (exact) mass is 397 g/mol. The number of carbonyl (C=O) groups excluding carboxylic acids is 2. The molecule has 1 saturated heterocycles. The fourth-order valence-corrected chi connectivity index (χ4v) is 3.48. The normalized spacial score (nSPS) is 15.6. The molecular formula is C18H31N5O3S. The van der Waals surface area contributed by atoms with Gasteiger partial charge in [-0.3, -0.25) is 9.89 Å². The van der Waals surface area contributed by atoms with E-state index in [0.29, 0.717) is 31.2 Å². The van der Waals surface area contributed by atoms with Crippen LogP contribution in [0.25, 0.3) is 0 Å². The third kappa shape index (κ3) is 7.40. The van der Waals surface area contributed by atoms with Crippen molar-refractivity contribution in [1.29, 1.82) is 0 Å². The molecular weight excluding hydrogens is 366 g/mol. The van der Waals surface area contributed by atoms with E-state index < -0.39 is 5.60 Å². The van der Waals surface area contributed by atoms with Crippen LogP contribution in [0.4, 0.5) is 4.79 Å². The summed E-state index contributed by atoms with van der Waals surface area (Å²) >= 11 is 1.63. The van der Waals surface area contributed by atoms with Crippen molar-refractivity contribution >= 4 is 23.8 Å². The molecule has 0 saturated carbocycles. The number of thioether (sulfide) groups is 1. The second kappa shape index (κ2) is 9.96. The van der Waals surface area contributed by atoms with E-state index in [1.54, 1.807) is 16.7 Å². The summed E-state index contributed by atoms with van der Waals surface area (Å²) in [6.45, 7) is 9.33. The summed E-state index contributed by atoms with van der Waals surface area (Å²) in [5.74, 6) is 3.10. The Morgan fingerprint density at radius 1 is 1.33 bits per heavy atom. The van der Waals surface area contributed by atoms with E-state index in [1.165, 1.54) is 0 Å². The van der Waals surface area contributed by atoms with E-state index in [2.05, 4.69) is 27.4 Å². The molecule has 27 heavy (non-hydrogen) atoms. The molecule has 2 N–H and O–H groups in total. The number of likely N-dealkylation sites (tertiary alicyclic amines) is 1. The molecule has 0 aromatic carbocycles. The van der Waals surface area contributed by atoms with Gasteiger partial charge in [0.05, 0.1) is 12.3 Å². The van der Waals surface area contributed by atoms with Crippen LogP contribution in [-0.4, -0.2) is 62.3 Å². The van der Waals surface area contributed by atoms with E-state index >= 15 is 0 Å². The Labute approximate surface area is 165 Å². The first-order chi connectivity index (χ1) is 12.8. The lowest BCUT2D eigenvalue weighted by Gasteiger charge is -2.32. The first-order valence-corrected chi connectivity index (χ1v) is 10.7. The second-order valence-electron chi connectivity index (χ2n) is 7.71. The number of hydrogen-bond donors (Lipinski definition) is 2. The third-order valence-corrected chi connectivity index (χ3v) is 5.26. The molecule has 2 amide bonds. The van der Waals surface area contributed by atoms with Gasteiger partial charge in [0.15, 0.2) is 5.82 Å². The molecule has 2 rings (SSSR count). The van der Waals surface area contributed by atoms with Gasteiger partial charge in [-0.25, -0.2) is 9.78 Å². The van der Waals surface area contributed by atoms with Crippen molar-refractivity contribution in [2.45, 2.75) is 65.0 Å². The summed E-state index contributed by atoms with van der Waals surface area (Å²) in [5, 5.41) is 10.1. The van der Waals surface area contributed by atoms with Crippen LogP contribution < -0.4 is 5.32 Å². The molecule has 2 heterocycles. The van der Waals surface area contributed by atoms with Crippen molar-refractivity contribution in [3.05, 3.63) is 11.6 Å². The van der Waals surface area contributed by atoms with Gasteiger partial charge in [-0.1, -0.05) is 6.92 Å². The van der Waals surface area contributed by atoms with Crippen molar-refractivity contribution in [2.24, 2.45) is 0 Å². The highest BCUT2D eigenvalue weighted by atomic mass is 32.2. The predicted octanol–water partition coefficient (Wildman–Crippen LogP) is 2.68. The third-order valence-electron chi connectivity index (χ3n) is 4.10. The van der Waals surface area contributed by atoms with Gasteiger partial charge in [0.1, 0.15) is 11.4 Å². The van der Waals surface area contributed by atoms with E-state index in [1.807, 2.05) is 20.8 Å². The Morgan fingerprint density at radius 2 is 2.04 bits per heavy atom. The highest BCUT2D eigenvalue weighted by molar-refractivity contribution is 7.99. The summed E-state index contributed by atoms with van der Waals surface area (Å²) in [4.78, 5) is 30.1. The molecule has 0 spiro atoms. The molecule has 152 valence electrons. The molecule has 0 aliphatic carbocycles. The number of ether oxygens (including phenoxy) is 1. The molecule has 1 aliphatic heterocycles. The number of nitrogens with one attached hydrogen (secondary N) is 2. The van der Waals surface area contributed by atoms with Gasteiger partial charge in [-0.15, -0.1) is 0 Å². The van der Waals surface area contributed by atoms with Crippen LogP contribution in [0.1, 0.15) is 64.5 Å². The fourth-order valence-electron chi connectivity index (χ4n) is 2.76. The van der Waals surface area contributed by atoms with Crippen molar-refractivity contribution in [3.8, 4) is 0 Å². The largest absolute Gasteiger partial charge is 0.444 e. The molecule has 8 nitrogen and oxygen atoms in total. The van der Waals surface area contributed by atoms with Crippen molar-refractivity contribution in [1.82, 2.24) is 25.4 Å². The van der Waals surface area contributed by atoms with Crippen molar-refractivity contribution < 1.29 is 14.3 Å². The van der Waals surface area contributed by atoms with Crippen molar-refractivity contribution in [3.63, 3.8) is 0 Å². The summed E-state index contributed by atoms with van der Waals surface area (Å²) in [5.41, 5.74) is -0.480. The lowest BCUT2D eigenvalue weighted by Crippen LogP contribution is -2.41. The summed E-state index contributed by atoms with van der Waals surface area (Å²) in [6.07, 6.45) is 2.41. The van der Waals surface area contributed by atoms with Crippen molar-refractivity contribution in [2.75, 3.05) is 24.6 Å². The molecule has 1 aromatic heterocycles. The maximum Gasteiger partial charge on any atom is 0.410 e. The number of aromatic nitrogens is 3. The topological polar surface area (TPSA) is 100 Å². The predicted molar refractivity (Wildman–Crippen MR) is 106 cm³/mol. The van der Waals surface area contributed by atoms with E-state index in [9.17, 15) is 9.59 Å². The number of rotatable bonds is 7. The fraction of sp³-hybridized carbons (Fsp3) is 0.778. The molecule has 0 bridgehead atoms. The van der Waals surface area contributed by atoms with Gasteiger partial charge in [0, 0.05) is 19.0 Å². The van der Waals surface area contributed by atoms with Gasteiger partial charge >= 0.3 is 6.09 Å². The van der Waals surface area contributed by atoms with Crippen LogP contribution in [0.15, 0.2) is 0 Å². The standard InChI is InChI=1S/C18H31N5O3S/c1-5-10-27-12-15(24)19-11-14-20-16(22-21-14)13-6-8-23(9-7-13)17(25)26-18(2,3)4/h13H,5-12H2,1-4H3,(H,19,24)(H,20,21,22). The van der Waals surface area contributed by atoms with Gasteiger partial charge in [-0.05, 0) is 45.8 Å². The Balaban J connectivity index is 1.76. The Morgan fingerprint density at radius 3 is 2.67 bits per heavy atom. The summed E-state index contributed by atoms with van der Waals surface area (Å²) in [6, 6.07) is 0. The molecule has 1 aromatic rings. The van der Waals surface area contributed by atoms with Gasteiger partial charge in [0.2, 0.25) is 5.91 Å². The average Bonchev–Trinajstić information content (AvgIpc) is 3.08. The van der Waals surface area contributed by atoms with Crippen LogP contribution in [0.2, 0.25) is 0 Å². The first-order valence-electron chi connectivity index (χ1n) is 9.52. The molecule has 0 radical (unpaired) electrons. The van der Waals surface area contributed by atoms with Crippen LogP contribution in [0.3, 0.4) is 0 Å². The quantitative estimate of drug-likeness (QED) is 0.686. The maximum atomic E-state index is 12.1. The Hall–Kier alpha value is -1.77. The number of nitrogens with zero attached hydrogens (tertiary/aromatic N) is 3. The average molecular weight is 398 g/mol. The zero-order valence-electron chi connectivity index (χ0n) is 16.7. The van der Waals surface area contributed by atoms with Gasteiger partial charge in [-0.2, -0.15) is 16.9 Å². The number of amides is 2. The molecule has 1 fully saturated rings. The smallest absolute Gasteiger partial charge is 0.410 e.